The summed E-state index contributed by atoms with van der Waals surface area (Å²) >= 11 is 7.40. The summed E-state index contributed by atoms with van der Waals surface area (Å²) in [5.74, 6) is -0.168. The second kappa shape index (κ2) is 9.29. The van der Waals surface area contributed by atoms with E-state index in [0.29, 0.717) is 16.6 Å². The van der Waals surface area contributed by atoms with Crippen LogP contribution in [0.25, 0.3) is 0 Å². The first-order chi connectivity index (χ1) is 14.4. The summed E-state index contributed by atoms with van der Waals surface area (Å²) in [7, 11) is -2.59. The summed E-state index contributed by atoms with van der Waals surface area (Å²) < 4.78 is 33.3. The van der Waals surface area contributed by atoms with Gasteiger partial charge in [0.05, 0.1) is 34.8 Å². The molecule has 156 valence electrons. The highest BCUT2D eigenvalue weighted by Gasteiger charge is 2.28. The Morgan fingerprint density at radius 3 is 2.77 bits per heavy atom. The number of methoxy groups -OCH3 is 1. The number of thiazole rings is 1. The number of rotatable bonds is 8. The van der Waals surface area contributed by atoms with Crippen molar-refractivity contribution in [2.75, 3.05) is 23.3 Å². The Kier molecular flexibility index (Phi) is 6.76. The van der Waals surface area contributed by atoms with Gasteiger partial charge in [-0.05, 0) is 30.3 Å². The molecule has 3 aromatic rings. The summed E-state index contributed by atoms with van der Waals surface area (Å²) in [6.45, 7) is 3.66. The Morgan fingerprint density at radius 1 is 1.33 bits per heavy atom. The highest BCUT2D eigenvalue weighted by Crippen LogP contribution is 2.33. The minimum atomic E-state index is -4.05. The smallest absolute Gasteiger partial charge is 0.264 e. The number of benzene rings is 2. The molecule has 0 aliphatic heterocycles. The Hall–Kier alpha value is -2.88. The SMILES string of the molecule is C=CCN(c1ccccc1OC)S(=O)(=O)c1ccc(Cl)c(C(=O)Nc2nccs2)c1. The van der Waals surface area contributed by atoms with Gasteiger partial charge in [-0.25, -0.2) is 13.4 Å². The molecule has 1 heterocycles. The highest BCUT2D eigenvalue weighted by molar-refractivity contribution is 7.92. The van der Waals surface area contributed by atoms with E-state index in [4.69, 9.17) is 16.3 Å². The zero-order chi connectivity index (χ0) is 21.7. The number of anilines is 2. The average Bonchev–Trinajstić information content (AvgIpc) is 3.25. The van der Waals surface area contributed by atoms with Crippen molar-refractivity contribution in [1.29, 1.82) is 0 Å². The minimum Gasteiger partial charge on any atom is -0.495 e. The van der Waals surface area contributed by atoms with Gasteiger partial charge in [0.1, 0.15) is 5.75 Å². The van der Waals surface area contributed by atoms with Gasteiger partial charge in [-0.15, -0.1) is 17.9 Å². The Labute approximate surface area is 183 Å². The van der Waals surface area contributed by atoms with E-state index in [-0.39, 0.29) is 22.0 Å². The molecule has 1 N–H and O–H groups in total. The maximum absolute atomic E-state index is 13.4. The number of carbonyl (C=O) groups is 1. The predicted molar refractivity (Wildman–Crippen MR) is 119 cm³/mol. The molecule has 0 unspecified atom stereocenters. The third-order valence-electron chi connectivity index (χ3n) is 4.07. The lowest BCUT2D eigenvalue weighted by atomic mass is 10.2. The second-order valence-corrected chi connectivity index (χ2v) is 9.09. The van der Waals surface area contributed by atoms with Crippen LogP contribution in [-0.2, 0) is 10.0 Å². The van der Waals surface area contributed by atoms with Crippen molar-refractivity contribution in [2.24, 2.45) is 0 Å². The van der Waals surface area contributed by atoms with Gasteiger partial charge in [0, 0.05) is 11.6 Å². The number of sulfonamides is 1. The number of aromatic nitrogens is 1. The first kappa shape index (κ1) is 21.8. The van der Waals surface area contributed by atoms with Crippen LogP contribution in [0.3, 0.4) is 0 Å². The number of nitrogens with one attached hydrogen (secondary N) is 1. The lowest BCUT2D eigenvalue weighted by molar-refractivity contribution is 0.102. The van der Waals surface area contributed by atoms with Crippen molar-refractivity contribution < 1.29 is 17.9 Å². The zero-order valence-corrected chi connectivity index (χ0v) is 18.3. The molecule has 3 rings (SSSR count). The Balaban J connectivity index is 2.03. The number of hydrogen-bond donors (Lipinski definition) is 1. The van der Waals surface area contributed by atoms with Crippen LogP contribution in [0.2, 0.25) is 5.02 Å². The van der Waals surface area contributed by atoms with Crippen LogP contribution in [0, 0.1) is 0 Å². The summed E-state index contributed by atoms with van der Waals surface area (Å²) in [5, 5.41) is 4.81. The van der Waals surface area contributed by atoms with Gasteiger partial charge in [0.15, 0.2) is 5.13 Å². The number of nitrogens with zero attached hydrogens (tertiary/aromatic N) is 2. The van der Waals surface area contributed by atoms with E-state index in [1.54, 1.807) is 35.8 Å². The van der Waals surface area contributed by atoms with Crippen molar-refractivity contribution >= 4 is 49.7 Å². The predicted octanol–water partition coefficient (Wildman–Crippen LogP) is 4.44. The number of para-hydroxylation sites is 2. The van der Waals surface area contributed by atoms with E-state index < -0.39 is 15.9 Å². The van der Waals surface area contributed by atoms with Crippen molar-refractivity contribution in [2.45, 2.75) is 4.90 Å². The fourth-order valence-electron chi connectivity index (χ4n) is 2.69. The third kappa shape index (κ3) is 4.48. The van der Waals surface area contributed by atoms with Crippen LogP contribution in [0.5, 0.6) is 5.75 Å². The maximum atomic E-state index is 13.4. The molecule has 1 amide bonds. The van der Waals surface area contributed by atoms with E-state index in [1.807, 2.05) is 0 Å². The van der Waals surface area contributed by atoms with Crippen LogP contribution in [0.15, 0.2) is 71.6 Å². The topological polar surface area (TPSA) is 88.6 Å². The van der Waals surface area contributed by atoms with Gasteiger partial charge in [-0.1, -0.05) is 29.8 Å². The number of halogens is 1. The van der Waals surface area contributed by atoms with E-state index in [2.05, 4.69) is 16.9 Å². The summed E-state index contributed by atoms with van der Waals surface area (Å²) in [6.07, 6.45) is 3.01. The monoisotopic (exact) mass is 463 g/mol. The molecule has 2 aromatic carbocycles. The first-order valence-corrected chi connectivity index (χ1v) is 11.3. The number of amides is 1. The van der Waals surface area contributed by atoms with Crippen molar-refractivity contribution in [3.8, 4) is 5.75 Å². The Morgan fingerprint density at radius 2 is 2.10 bits per heavy atom. The molecule has 0 aliphatic carbocycles. The van der Waals surface area contributed by atoms with Gasteiger partial charge in [0.25, 0.3) is 15.9 Å². The van der Waals surface area contributed by atoms with Crippen molar-refractivity contribution in [1.82, 2.24) is 4.98 Å². The maximum Gasteiger partial charge on any atom is 0.264 e. The van der Waals surface area contributed by atoms with Gasteiger partial charge in [-0.2, -0.15) is 0 Å². The minimum absolute atomic E-state index is 0.00593. The first-order valence-electron chi connectivity index (χ1n) is 8.65. The fraction of sp³-hybridized carbons (Fsp3) is 0.100. The summed E-state index contributed by atoms with van der Waals surface area (Å²) in [6, 6.07) is 10.7. The molecule has 7 nitrogen and oxygen atoms in total. The molecule has 1 aromatic heterocycles. The van der Waals surface area contributed by atoms with Crippen molar-refractivity contribution in [3.63, 3.8) is 0 Å². The largest absolute Gasteiger partial charge is 0.495 e. The molecular weight excluding hydrogens is 446 g/mol. The van der Waals surface area contributed by atoms with Gasteiger partial charge in [-0.3, -0.25) is 14.4 Å². The van der Waals surface area contributed by atoms with Crippen LogP contribution in [0.4, 0.5) is 10.8 Å². The number of ether oxygens (including phenoxy) is 1. The molecule has 30 heavy (non-hydrogen) atoms. The van der Waals surface area contributed by atoms with E-state index in [0.717, 1.165) is 4.31 Å². The van der Waals surface area contributed by atoms with Crippen LogP contribution >= 0.6 is 22.9 Å². The summed E-state index contributed by atoms with van der Waals surface area (Å²) in [4.78, 5) is 16.5. The van der Waals surface area contributed by atoms with Crippen LogP contribution in [-0.4, -0.2) is 33.0 Å². The Bertz CT molecular complexity index is 1160. The fourth-order valence-corrected chi connectivity index (χ4v) is 4.89. The molecule has 0 spiro atoms. The second-order valence-electron chi connectivity index (χ2n) is 5.93. The molecule has 0 saturated heterocycles. The molecule has 0 fully saturated rings. The van der Waals surface area contributed by atoms with Crippen LogP contribution in [0.1, 0.15) is 10.4 Å². The molecule has 0 radical (unpaired) electrons. The number of hydrogen-bond acceptors (Lipinski definition) is 6. The molecule has 0 atom stereocenters. The van der Waals surface area contributed by atoms with E-state index in [9.17, 15) is 13.2 Å². The molecular formula is C20H18ClN3O4S2. The van der Waals surface area contributed by atoms with Gasteiger partial charge < -0.3 is 4.74 Å². The quantitative estimate of drug-likeness (QED) is 0.499. The summed E-state index contributed by atoms with van der Waals surface area (Å²) in [5.41, 5.74) is 0.371. The highest BCUT2D eigenvalue weighted by atomic mass is 35.5. The van der Waals surface area contributed by atoms with Gasteiger partial charge in [0.2, 0.25) is 0 Å². The lowest BCUT2D eigenvalue weighted by Crippen LogP contribution is -2.31. The standard InChI is InChI=1S/C20H18ClN3O4S2/c1-3-11-24(17-6-4-5-7-18(17)28-2)30(26,27)14-8-9-16(21)15(13-14)19(25)23-20-22-10-12-29-20/h3-10,12-13H,1,11H2,2H3,(H,22,23,25). The zero-order valence-electron chi connectivity index (χ0n) is 15.9. The molecule has 0 saturated carbocycles. The third-order valence-corrected chi connectivity index (χ3v) is 6.87. The lowest BCUT2D eigenvalue weighted by Gasteiger charge is -2.25. The van der Waals surface area contributed by atoms with Crippen LogP contribution < -0.4 is 14.4 Å². The molecule has 0 bridgehead atoms. The molecule has 0 aliphatic rings. The number of carbonyl (C=O) groups excluding carboxylic acids is 1. The van der Waals surface area contributed by atoms with Gasteiger partial charge >= 0.3 is 0 Å². The molecule has 10 heteroatoms. The van der Waals surface area contributed by atoms with Crippen molar-refractivity contribution in [3.05, 3.63) is 77.3 Å². The van der Waals surface area contributed by atoms with E-state index >= 15 is 0 Å². The average molecular weight is 464 g/mol. The normalized spacial score (nSPS) is 11.0. The van der Waals surface area contributed by atoms with E-state index in [1.165, 1.54) is 42.7 Å².